The van der Waals surface area contributed by atoms with Gasteiger partial charge in [-0.25, -0.2) is 0 Å². The summed E-state index contributed by atoms with van der Waals surface area (Å²) in [6.45, 7) is 2.28. The molecule has 0 spiro atoms. The van der Waals surface area contributed by atoms with E-state index in [1.54, 1.807) is 18.2 Å². The summed E-state index contributed by atoms with van der Waals surface area (Å²) in [5.74, 6) is 0.681. The van der Waals surface area contributed by atoms with Crippen molar-refractivity contribution in [2.45, 2.75) is 45.1 Å². The maximum absolute atomic E-state index is 12.2. The van der Waals surface area contributed by atoms with Crippen molar-refractivity contribution in [3.05, 3.63) is 23.8 Å². The first-order chi connectivity index (χ1) is 9.06. The number of amides is 1. The van der Waals surface area contributed by atoms with Gasteiger partial charge in [-0.05, 0) is 43.4 Å². The highest BCUT2D eigenvalue weighted by Gasteiger charge is 2.19. The summed E-state index contributed by atoms with van der Waals surface area (Å²) in [7, 11) is 0. The topological polar surface area (TPSA) is 81.1 Å². The van der Waals surface area contributed by atoms with Crippen molar-refractivity contribution in [1.29, 1.82) is 0 Å². The molecule has 0 saturated heterocycles. The van der Waals surface area contributed by atoms with E-state index in [4.69, 9.17) is 11.5 Å². The van der Waals surface area contributed by atoms with Gasteiger partial charge in [0, 0.05) is 17.4 Å². The van der Waals surface area contributed by atoms with Crippen LogP contribution >= 0.6 is 0 Å². The van der Waals surface area contributed by atoms with Crippen molar-refractivity contribution < 1.29 is 4.79 Å². The fraction of sp³-hybridized carbons (Fsp3) is 0.533. The summed E-state index contributed by atoms with van der Waals surface area (Å²) < 4.78 is 0. The van der Waals surface area contributed by atoms with Gasteiger partial charge in [0.1, 0.15) is 0 Å². The van der Waals surface area contributed by atoms with Gasteiger partial charge < -0.3 is 16.8 Å². The Balaban J connectivity index is 2.00. The molecule has 0 bridgehead atoms. The molecule has 2 rings (SSSR count). The van der Waals surface area contributed by atoms with Crippen LogP contribution < -0.4 is 16.8 Å². The molecule has 5 N–H and O–H groups in total. The minimum atomic E-state index is -0.0861. The Morgan fingerprint density at radius 3 is 2.74 bits per heavy atom. The van der Waals surface area contributed by atoms with Gasteiger partial charge in [0.2, 0.25) is 0 Å². The minimum absolute atomic E-state index is 0.0861. The van der Waals surface area contributed by atoms with Gasteiger partial charge in [0.15, 0.2) is 0 Å². The number of hydrogen-bond acceptors (Lipinski definition) is 3. The van der Waals surface area contributed by atoms with Crippen LogP contribution in [-0.2, 0) is 0 Å². The normalized spacial score (nSPS) is 23.6. The largest absolute Gasteiger partial charge is 0.399 e. The number of nitrogen functional groups attached to an aromatic ring is 2. The third-order valence-corrected chi connectivity index (χ3v) is 3.91. The number of rotatable bonds is 2. The first-order valence-electron chi connectivity index (χ1n) is 7.02. The molecule has 2 atom stereocenters. The van der Waals surface area contributed by atoms with Crippen molar-refractivity contribution in [3.63, 3.8) is 0 Å². The van der Waals surface area contributed by atoms with E-state index in [9.17, 15) is 4.79 Å². The third-order valence-electron chi connectivity index (χ3n) is 3.91. The second-order valence-corrected chi connectivity index (χ2v) is 5.63. The maximum Gasteiger partial charge on any atom is 0.253 e. The fourth-order valence-electron chi connectivity index (χ4n) is 2.68. The molecule has 0 heterocycles. The van der Waals surface area contributed by atoms with Crippen LogP contribution in [0, 0.1) is 5.92 Å². The molecule has 1 aliphatic carbocycles. The van der Waals surface area contributed by atoms with Crippen LogP contribution in [0.1, 0.15) is 49.4 Å². The van der Waals surface area contributed by atoms with E-state index in [-0.39, 0.29) is 11.9 Å². The van der Waals surface area contributed by atoms with Gasteiger partial charge in [0.05, 0.1) is 5.56 Å². The number of carbonyl (C=O) groups is 1. The van der Waals surface area contributed by atoms with Crippen LogP contribution in [0.25, 0.3) is 0 Å². The van der Waals surface area contributed by atoms with Gasteiger partial charge in [0.25, 0.3) is 5.91 Å². The van der Waals surface area contributed by atoms with Crippen LogP contribution in [-0.4, -0.2) is 11.9 Å². The molecule has 1 aliphatic rings. The summed E-state index contributed by atoms with van der Waals surface area (Å²) in [4.78, 5) is 12.2. The predicted octanol–water partition coefficient (Wildman–Crippen LogP) is 2.55. The Bertz CT molecular complexity index is 459. The SMILES string of the molecule is CC1CCCC(NC(=O)c2ccc(N)cc2N)CC1. The molecule has 0 aromatic heterocycles. The first kappa shape index (κ1) is 13.7. The molecular weight excluding hydrogens is 238 g/mol. The lowest BCUT2D eigenvalue weighted by Crippen LogP contribution is -2.34. The Labute approximate surface area is 114 Å². The highest BCUT2D eigenvalue weighted by Crippen LogP contribution is 2.23. The average molecular weight is 261 g/mol. The molecule has 1 aromatic carbocycles. The molecule has 4 heteroatoms. The summed E-state index contributed by atoms with van der Waals surface area (Å²) in [6, 6.07) is 5.30. The molecule has 19 heavy (non-hydrogen) atoms. The van der Waals surface area contributed by atoms with Crippen molar-refractivity contribution in [3.8, 4) is 0 Å². The number of nitrogens with two attached hydrogens (primary N) is 2. The summed E-state index contributed by atoms with van der Waals surface area (Å²) >= 11 is 0. The third kappa shape index (κ3) is 3.63. The standard InChI is InChI=1S/C15H23N3O/c1-10-3-2-4-12(7-5-10)18-15(19)13-8-6-11(16)9-14(13)17/h6,8-10,12H,2-5,7,16-17H2,1H3,(H,18,19). The summed E-state index contributed by atoms with van der Waals surface area (Å²) in [5.41, 5.74) is 13.0. The van der Waals surface area contributed by atoms with E-state index in [0.29, 0.717) is 16.9 Å². The van der Waals surface area contributed by atoms with E-state index in [1.165, 1.54) is 19.3 Å². The Morgan fingerprint density at radius 1 is 1.21 bits per heavy atom. The molecular formula is C15H23N3O. The zero-order chi connectivity index (χ0) is 13.8. The van der Waals surface area contributed by atoms with E-state index < -0.39 is 0 Å². The predicted molar refractivity (Wildman–Crippen MR) is 78.8 cm³/mol. The van der Waals surface area contributed by atoms with Crippen LogP contribution in [0.3, 0.4) is 0 Å². The molecule has 1 aromatic rings. The quantitative estimate of drug-likeness (QED) is 0.565. The first-order valence-corrected chi connectivity index (χ1v) is 7.02. The molecule has 1 saturated carbocycles. The zero-order valence-electron chi connectivity index (χ0n) is 11.5. The highest BCUT2D eigenvalue weighted by molar-refractivity contribution is 5.99. The second-order valence-electron chi connectivity index (χ2n) is 5.63. The molecule has 1 fully saturated rings. The second kappa shape index (κ2) is 5.95. The summed E-state index contributed by atoms with van der Waals surface area (Å²) in [6.07, 6.45) is 5.74. The van der Waals surface area contributed by atoms with E-state index in [2.05, 4.69) is 12.2 Å². The van der Waals surface area contributed by atoms with Gasteiger partial charge in [-0.2, -0.15) is 0 Å². The number of carbonyl (C=O) groups excluding carboxylic acids is 1. The van der Waals surface area contributed by atoms with Crippen molar-refractivity contribution in [2.75, 3.05) is 11.5 Å². The Kier molecular flexibility index (Phi) is 4.30. The van der Waals surface area contributed by atoms with Crippen LogP contribution in [0.5, 0.6) is 0 Å². The fourth-order valence-corrected chi connectivity index (χ4v) is 2.68. The smallest absolute Gasteiger partial charge is 0.253 e. The molecule has 0 aliphatic heterocycles. The number of nitrogens with one attached hydrogen (secondary N) is 1. The lowest BCUT2D eigenvalue weighted by molar-refractivity contribution is 0.0934. The molecule has 4 nitrogen and oxygen atoms in total. The summed E-state index contributed by atoms with van der Waals surface area (Å²) in [5, 5.41) is 3.10. The van der Waals surface area contributed by atoms with Gasteiger partial charge >= 0.3 is 0 Å². The minimum Gasteiger partial charge on any atom is -0.399 e. The van der Waals surface area contributed by atoms with E-state index in [1.807, 2.05) is 0 Å². The lowest BCUT2D eigenvalue weighted by atomic mass is 10.0. The number of benzene rings is 1. The molecule has 1 amide bonds. The maximum atomic E-state index is 12.2. The van der Waals surface area contributed by atoms with Crippen molar-refractivity contribution >= 4 is 17.3 Å². The molecule has 104 valence electrons. The van der Waals surface area contributed by atoms with E-state index in [0.717, 1.165) is 18.8 Å². The number of anilines is 2. The Morgan fingerprint density at radius 2 is 2.00 bits per heavy atom. The zero-order valence-corrected chi connectivity index (χ0v) is 11.5. The van der Waals surface area contributed by atoms with E-state index >= 15 is 0 Å². The Hall–Kier alpha value is -1.71. The monoisotopic (exact) mass is 261 g/mol. The van der Waals surface area contributed by atoms with Gasteiger partial charge in [-0.15, -0.1) is 0 Å². The van der Waals surface area contributed by atoms with Crippen LogP contribution in [0.4, 0.5) is 11.4 Å². The number of hydrogen-bond donors (Lipinski definition) is 3. The molecule has 2 unspecified atom stereocenters. The van der Waals surface area contributed by atoms with Crippen LogP contribution in [0.15, 0.2) is 18.2 Å². The average Bonchev–Trinajstić information content (AvgIpc) is 2.54. The van der Waals surface area contributed by atoms with Crippen LogP contribution in [0.2, 0.25) is 0 Å². The highest BCUT2D eigenvalue weighted by atomic mass is 16.1. The van der Waals surface area contributed by atoms with Crippen molar-refractivity contribution in [1.82, 2.24) is 5.32 Å². The van der Waals surface area contributed by atoms with Gasteiger partial charge in [-0.1, -0.05) is 19.8 Å². The molecule has 0 radical (unpaired) electrons. The van der Waals surface area contributed by atoms with Gasteiger partial charge in [-0.3, -0.25) is 4.79 Å². The van der Waals surface area contributed by atoms with Crippen molar-refractivity contribution in [2.24, 2.45) is 5.92 Å². The lowest BCUT2D eigenvalue weighted by Gasteiger charge is -2.17.